The Balaban J connectivity index is 3.62. The lowest BCUT2D eigenvalue weighted by atomic mass is 10.4. The highest BCUT2D eigenvalue weighted by Gasteiger charge is 2.10. The summed E-state index contributed by atoms with van der Waals surface area (Å²) in [6, 6.07) is 0. The normalized spacial score (nSPS) is 14.6. The molecule has 0 spiro atoms. The Kier molecular flexibility index (Phi) is 7.85. The largest absolute Gasteiger partial charge is 0.457 e. The maximum absolute atomic E-state index is 10.9. The van der Waals surface area contributed by atoms with Gasteiger partial charge < -0.3 is 14.2 Å². The summed E-state index contributed by atoms with van der Waals surface area (Å²) >= 11 is 0. The molecule has 0 aromatic carbocycles. The van der Waals surface area contributed by atoms with Crippen molar-refractivity contribution in [2.75, 3.05) is 13.2 Å². The van der Waals surface area contributed by atoms with Gasteiger partial charge in [0.2, 0.25) is 0 Å². The molecule has 0 N–H and O–H groups in total. The first kappa shape index (κ1) is 15.1. The Hall–Kier alpha value is -0.870. The molecule has 0 heterocycles. The summed E-state index contributed by atoms with van der Waals surface area (Å²) < 4.78 is 15.8. The lowest BCUT2D eigenvalue weighted by molar-refractivity contribution is -0.146. The average molecular weight is 230 g/mol. The van der Waals surface area contributed by atoms with Crippen molar-refractivity contribution in [3.63, 3.8) is 0 Å². The minimum Gasteiger partial charge on any atom is -0.457 e. The number of hydrogen-bond donors (Lipinski definition) is 0. The molecule has 2 unspecified atom stereocenters. The van der Waals surface area contributed by atoms with E-state index in [2.05, 4.69) is 6.58 Å². The summed E-state index contributed by atoms with van der Waals surface area (Å²) in [6.07, 6.45) is 1.06. The zero-order valence-electron chi connectivity index (χ0n) is 10.6. The minimum absolute atomic E-state index is 0.00715. The molecule has 0 rings (SSSR count). The van der Waals surface area contributed by atoms with Gasteiger partial charge in [-0.1, -0.05) is 6.58 Å². The van der Waals surface area contributed by atoms with Gasteiger partial charge in [-0.3, -0.25) is 0 Å². The summed E-state index contributed by atoms with van der Waals surface area (Å²) in [5, 5.41) is 0. The van der Waals surface area contributed by atoms with Crippen LogP contribution in [-0.4, -0.2) is 37.5 Å². The fourth-order valence-electron chi connectivity index (χ4n) is 0.956. The topological polar surface area (TPSA) is 44.8 Å². The first-order valence-electron chi connectivity index (χ1n) is 5.52. The molecule has 0 amide bonds. The van der Waals surface area contributed by atoms with Crippen LogP contribution in [0.25, 0.3) is 0 Å². The van der Waals surface area contributed by atoms with Gasteiger partial charge in [0.15, 0.2) is 0 Å². The van der Waals surface area contributed by atoms with Crippen LogP contribution in [0.3, 0.4) is 0 Å². The van der Waals surface area contributed by atoms with E-state index in [1.807, 2.05) is 20.8 Å². The van der Waals surface area contributed by atoms with Crippen molar-refractivity contribution in [2.45, 2.75) is 46.0 Å². The quantitative estimate of drug-likeness (QED) is 0.472. The molecule has 0 aromatic rings. The highest BCUT2D eigenvalue weighted by Crippen LogP contribution is 2.00. The molecule has 0 fully saturated rings. The van der Waals surface area contributed by atoms with E-state index in [4.69, 9.17) is 14.2 Å². The van der Waals surface area contributed by atoms with E-state index < -0.39 is 5.97 Å². The second-order valence-electron chi connectivity index (χ2n) is 3.98. The van der Waals surface area contributed by atoms with Gasteiger partial charge in [-0.2, -0.15) is 0 Å². The second kappa shape index (κ2) is 8.30. The zero-order chi connectivity index (χ0) is 12.6. The van der Waals surface area contributed by atoms with Gasteiger partial charge in [-0.05, 0) is 27.7 Å². The van der Waals surface area contributed by atoms with E-state index in [0.717, 1.165) is 6.08 Å². The summed E-state index contributed by atoms with van der Waals surface area (Å²) in [4.78, 5) is 10.9. The lowest BCUT2D eigenvalue weighted by Crippen LogP contribution is -2.25. The molecular formula is C12H22O4. The fourth-order valence-corrected chi connectivity index (χ4v) is 0.956. The number of carbonyl (C=O) groups is 1. The molecule has 16 heavy (non-hydrogen) atoms. The molecule has 4 nitrogen and oxygen atoms in total. The van der Waals surface area contributed by atoms with Crippen LogP contribution < -0.4 is 0 Å². The number of esters is 1. The maximum Gasteiger partial charge on any atom is 0.330 e. The van der Waals surface area contributed by atoms with E-state index in [1.54, 1.807) is 6.92 Å². The van der Waals surface area contributed by atoms with Gasteiger partial charge >= 0.3 is 5.97 Å². The lowest BCUT2D eigenvalue weighted by Gasteiger charge is -2.18. The second-order valence-corrected chi connectivity index (χ2v) is 3.98. The van der Waals surface area contributed by atoms with Crippen LogP contribution >= 0.6 is 0 Å². The smallest absolute Gasteiger partial charge is 0.330 e. The van der Waals surface area contributed by atoms with Crippen LogP contribution in [0.5, 0.6) is 0 Å². The van der Waals surface area contributed by atoms with Gasteiger partial charge in [0.25, 0.3) is 0 Å². The van der Waals surface area contributed by atoms with Crippen LogP contribution in [0.4, 0.5) is 0 Å². The van der Waals surface area contributed by atoms with Gasteiger partial charge in [-0.25, -0.2) is 4.79 Å². The fraction of sp³-hybridized carbons (Fsp3) is 0.750. The molecule has 0 aliphatic heterocycles. The first-order chi connectivity index (χ1) is 7.45. The average Bonchev–Trinajstić information content (AvgIpc) is 2.23. The number of ether oxygens (including phenoxy) is 3. The van der Waals surface area contributed by atoms with Crippen molar-refractivity contribution >= 4 is 5.97 Å². The van der Waals surface area contributed by atoms with Crippen LogP contribution in [0.2, 0.25) is 0 Å². The predicted octanol–water partition coefficient (Wildman–Crippen LogP) is 1.93. The third-order valence-electron chi connectivity index (χ3n) is 1.76. The van der Waals surface area contributed by atoms with E-state index in [-0.39, 0.29) is 18.3 Å². The molecular weight excluding hydrogens is 208 g/mol. The Bertz CT molecular complexity index is 213. The van der Waals surface area contributed by atoms with Crippen molar-refractivity contribution < 1.29 is 19.0 Å². The molecule has 0 radical (unpaired) electrons. The van der Waals surface area contributed by atoms with Gasteiger partial charge in [0.1, 0.15) is 6.10 Å². The Morgan fingerprint density at radius 1 is 1.12 bits per heavy atom. The van der Waals surface area contributed by atoms with Crippen molar-refractivity contribution in [2.24, 2.45) is 0 Å². The minimum atomic E-state index is -0.429. The third-order valence-corrected chi connectivity index (χ3v) is 1.76. The highest BCUT2D eigenvalue weighted by atomic mass is 16.6. The monoisotopic (exact) mass is 230 g/mol. The molecule has 0 aliphatic rings. The van der Waals surface area contributed by atoms with E-state index in [9.17, 15) is 4.79 Å². The molecule has 0 aliphatic carbocycles. The van der Waals surface area contributed by atoms with Gasteiger partial charge in [-0.15, -0.1) is 0 Å². The van der Waals surface area contributed by atoms with Crippen LogP contribution in [-0.2, 0) is 19.0 Å². The molecule has 0 aromatic heterocycles. The molecule has 2 atom stereocenters. The summed E-state index contributed by atoms with van der Waals surface area (Å²) in [6.45, 7) is 11.9. The maximum atomic E-state index is 10.9. The molecule has 94 valence electrons. The van der Waals surface area contributed by atoms with Crippen LogP contribution in [0, 0.1) is 0 Å². The number of hydrogen-bond acceptors (Lipinski definition) is 4. The SMILES string of the molecule is C=CC(=O)OC(C)COC(C)COC(C)C. The summed E-state index contributed by atoms with van der Waals surface area (Å²) in [5.41, 5.74) is 0. The van der Waals surface area contributed by atoms with Gasteiger partial charge in [0, 0.05) is 6.08 Å². The van der Waals surface area contributed by atoms with Crippen LogP contribution in [0.1, 0.15) is 27.7 Å². The summed E-state index contributed by atoms with van der Waals surface area (Å²) in [7, 11) is 0. The molecule has 4 heteroatoms. The molecule has 0 saturated heterocycles. The Morgan fingerprint density at radius 3 is 2.19 bits per heavy atom. The Labute approximate surface area is 97.6 Å². The highest BCUT2D eigenvalue weighted by molar-refractivity contribution is 5.81. The van der Waals surface area contributed by atoms with E-state index in [1.165, 1.54) is 0 Å². The van der Waals surface area contributed by atoms with Crippen molar-refractivity contribution in [3.05, 3.63) is 12.7 Å². The van der Waals surface area contributed by atoms with E-state index >= 15 is 0 Å². The molecule has 0 saturated carbocycles. The van der Waals surface area contributed by atoms with Crippen molar-refractivity contribution in [1.29, 1.82) is 0 Å². The number of carbonyl (C=O) groups excluding carboxylic acids is 1. The standard InChI is InChI=1S/C12H22O4/c1-6-12(13)16-11(5)8-15-10(4)7-14-9(2)3/h6,9-11H,1,7-8H2,2-5H3. The van der Waals surface area contributed by atoms with Crippen LogP contribution in [0.15, 0.2) is 12.7 Å². The molecule has 0 bridgehead atoms. The van der Waals surface area contributed by atoms with E-state index in [0.29, 0.717) is 13.2 Å². The third kappa shape index (κ3) is 8.44. The van der Waals surface area contributed by atoms with Crippen molar-refractivity contribution in [1.82, 2.24) is 0 Å². The zero-order valence-corrected chi connectivity index (χ0v) is 10.6. The van der Waals surface area contributed by atoms with Gasteiger partial charge in [0.05, 0.1) is 25.4 Å². The first-order valence-corrected chi connectivity index (χ1v) is 5.52. The van der Waals surface area contributed by atoms with Crippen molar-refractivity contribution in [3.8, 4) is 0 Å². The Morgan fingerprint density at radius 2 is 1.69 bits per heavy atom. The summed E-state index contributed by atoms with van der Waals surface area (Å²) in [5.74, 6) is -0.429. The number of rotatable bonds is 8. The predicted molar refractivity (Wildman–Crippen MR) is 62.3 cm³/mol.